The first-order valence-electron chi connectivity index (χ1n) is 8.24. The van der Waals surface area contributed by atoms with Crippen molar-refractivity contribution in [2.45, 2.75) is 13.5 Å². The third-order valence-corrected chi connectivity index (χ3v) is 4.02. The lowest BCUT2D eigenvalue weighted by atomic mass is 10.1. The van der Waals surface area contributed by atoms with E-state index in [0.717, 1.165) is 23.0 Å². The van der Waals surface area contributed by atoms with Gasteiger partial charge in [-0.25, -0.2) is 0 Å². The molecule has 1 amide bonds. The molecule has 3 aromatic rings. The Hall–Kier alpha value is -3.32. The number of hydrogen-bond donors (Lipinski definition) is 1. The average Bonchev–Trinajstić information content (AvgIpc) is 2.98. The van der Waals surface area contributed by atoms with E-state index in [1.807, 2.05) is 61.7 Å². The van der Waals surface area contributed by atoms with E-state index in [0.29, 0.717) is 6.54 Å². The molecule has 0 saturated carbocycles. The maximum atomic E-state index is 12.0. The van der Waals surface area contributed by atoms with E-state index in [1.165, 1.54) is 5.56 Å². The Balaban J connectivity index is 2.05. The van der Waals surface area contributed by atoms with E-state index in [1.54, 1.807) is 6.08 Å². The average molecular weight is 329 g/mol. The molecule has 25 heavy (non-hydrogen) atoms. The van der Waals surface area contributed by atoms with Gasteiger partial charge in [-0.1, -0.05) is 48.5 Å². The molecule has 4 nitrogen and oxygen atoms in total. The van der Waals surface area contributed by atoms with Crippen molar-refractivity contribution in [3.63, 3.8) is 0 Å². The predicted octanol–water partition coefficient (Wildman–Crippen LogP) is 3.73. The number of nitrogens with zero attached hydrogens (tertiary/aromatic N) is 2. The number of carbonyl (C=O) groups excluding carboxylic acids is 1. The molecule has 1 heterocycles. The molecule has 0 radical (unpaired) electrons. The number of carbonyl (C=O) groups is 1. The number of nitrogens with one attached hydrogen (secondary N) is 1. The summed E-state index contributed by atoms with van der Waals surface area (Å²) in [5, 5.41) is 13.0. The van der Waals surface area contributed by atoms with E-state index in [9.17, 15) is 10.1 Å². The Morgan fingerprint density at radius 3 is 2.60 bits per heavy atom. The van der Waals surface area contributed by atoms with Crippen LogP contribution in [0.1, 0.15) is 18.1 Å². The fourth-order valence-electron chi connectivity index (χ4n) is 2.86. The van der Waals surface area contributed by atoms with Crippen LogP contribution in [0.2, 0.25) is 0 Å². The molecule has 0 aliphatic rings. The van der Waals surface area contributed by atoms with Gasteiger partial charge in [-0.05, 0) is 24.6 Å². The molecule has 2 aromatic carbocycles. The number of aromatic nitrogens is 1. The number of fused-ring (bicyclic) bond motifs is 1. The van der Waals surface area contributed by atoms with Crippen molar-refractivity contribution in [3.05, 3.63) is 77.5 Å². The summed E-state index contributed by atoms with van der Waals surface area (Å²) in [6, 6.07) is 20.2. The third-order valence-electron chi connectivity index (χ3n) is 4.02. The van der Waals surface area contributed by atoms with Crippen molar-refractivity contribution in [2.24, 2.45) is 0 Å². The van der Waals surface area contributed by atoms with Crippen LogP contribution in [0.25, 0.3) is 17.0 Å². The van der Waals surface area contributed by atoms with Gasteiger partial charge in [0.2, 0.25) is 0 Å². The van der Waals surface area contributed by atoms with Gasteiger partial charge in [0, 0.05) is 35.8 Å². The van der Waals surface area contributed by atoms with Gasteiger partial charge in [0.15, 0.2) is 0 Å². The number of hydrogen-bond acceptors (Lipinski definition) is 2. The number of rotatable bonds is 5. The zero-order chi connectivity index (χ0) is 17.6. The first kappa shape index (κ1) is 16.5. The van der Waals surface area contributed by atoms with Gasteiger partial charge in [0.05, 0.1) is 0 Å². The second-order valence-corrected chi connectivity index (χ2v) is 5.74. The van der Waals surface area contributed by atoms with Crippen molar-refractivity contribution >= 4 is 22.9 Å². The maximum Gasteiger partial charge on any atom is 0.261 e. The standard InChI is InChI=1S/C21H19N3O/c1-2-23-21(25)17(13-22)12-18-15-24(14-16-8-4-3-5-9-16)20-11-7-6-10-19(18)20/h3-12,15H,2,14H2,1H3,(H,23,25)/b17-12+. The van der Waals surface area contributed by atoms with Crippen LogP contribution in [0.5, 0.6) is 0 Å². The normalized spacial score (nSPS) is 11.3. The fraction of sp³-hybridized carbons (Fsp3) is 0.143. The molecule has 0 fully saturated rings. The van der Waals surface area contributed by atoms with E-state index >= 15 is 0 Å². The largest absolute Gasteiger partial charge is 0.352 e. The van der Waals surface area contributed by atoms with E-state index < -0.39 is 0 Å². The predicted molar refractivity (Wildman–Crippen MR) is 99.8 cm³/mol. The fourth-order valence-corrected chi connectivity index (χ4v) is 2.86. The third kappa shape index (κ3) is 3.61. The van der Waals surface area contributed by atoms with Gasteiger partial charge in [0.25, 0.3) is 5.91 Å². The molecule has 1 aromatic heterocycles. The molecule has 0 aliphatic heterocycles. The van der Waals surface area contributed by atoms with E-state index in [-0.39, 0.29) is 11.5 Å². The van der Waals surface area contributed by atoms with Crippen molar-refractivity contribution in [1.82, 2.24) is 9.88 Å². The van der Waals surface area contributed by atoms with Crippen LogP contribution in [0.15, 0.2) is 66.4 Å². The van der Waals surface area contributed by atoms with Gasteiger partial charge in [-0.3, -0.25) is 4.79 Å². The number of likely N-dealkylation sites (N-methyl/N-ethyl adjacent to an activating group) is 1. The van der Waals surface area contributed by atoms with Crippen LogP contribution in [-0.4, -0.2) is 17.0 Å². The topological polar surface area (TPSA) is 57.8 Å². The molecule has 4 heteroatoms. The highest BCUT2D eigenvalue weighted by atomic mass is 16.1. The highest BCUT2D eigenvalue weighted by molar-refractivity contribution is 6.04. The van der Waals surface area contributed by atoms with Gasteiger partial charge in [-0.2, -0.15) is 5.26 Å². The van der Waals surface area contributed by atoms with Gasteiger partial charge in [-0.15, -0.1) is 0 Å². The van der Waals surface area contributed by atoms with Crippen LogP contribution >= 0.6 is 0 Å². The smallest absolute Gasteiger partial charge is 0.261 e. The summed E-state index contributed by atoms with van der Waals surface area (Å²) in [7, 11) is 0. The van der Waals surface area contributed by atoms with Gasteiger partial charge >= 0.3 is 0 Å². The second kappa shape index (κ2) is 7.50. The lowest BCUT2D eigenvalue weighted by Gasteiger charge is -2.05. The Morgan fingerprint density at radius 1 is 1.16 bits per heavy atom. The van der Waals surface area contributed by atoms with Crippen LogP contribution in [-0.2, 0) is 11.3 Å². The lowest BCUT2D eigenvalue weighted by Crippen LogP contribution is -2.23. The van der Waals surface area contributed by atoms with Crippen LogP contribution in [0, 0.1) is 11.3 Å². The molecule has 0 saturated heterocycles. The summed E-state index contributed by atoms with van der Waals surface area (Å²) in [4.78, 5) is 12.0. The van der Waals surface area contributed by atoms with E-state index in [2.05, 4.69) is 22.0 Å². The minimum absolute atomic E-state index is 0.115. The molecule has 124 valence electrons. The number of para-hydroxylation sites is 1. The lowest BCUT2D eigenvalue weighted by molar-refractivity contribution is -0.116. The molecular weight excluding hydrogens is 310 g/mol. The molecule has 0 aliphatic carbocycles. The quantitative estimate of drug-likeness (QED) is 0.573. The Morgan fingerprint density at radius 2 is 1.88 bits per heavy atom. The Bertz CT molecular complexity index is 962. The summed E-state index contributed by atoms with van der Waals surface area (Å²) >= 11 is 0. The summed E-state index contributed by atoms with van der Waals surface area (Å²) < 4.78 is 2.14. The molecule has 0 atom stereocenters. The second-order valence-electron chi connectivity index (χ2n) is 5.74. The number of amides is 1. The van der Waals surface area contributed by atoms with Crippen molar-refractivity contribution in [2.75, 3.05) is 6.54 Å². The molecular formula is C21H19N3O. The zero-order valence-corrected chi connectivity index (χ0v) is 14.1. The van der Waals surface area contributed by atoms with E-state index in [4.69, 9.17) is 0 Å². The summed E-state index contributed by atoms with van der Waals surface area (Å²) in [6.45, 7) is 3.06. The molecule has 3 rings (SSSR count). The number of nitriles is 1. The van der Waals surface area contributed by atoms with Crippen molar-refractivity contribution in [1.29, 1.82) is 5.26 Å². The highest BCUT2D eigenvalue weighted by Gasteiger charge is 2.11. The van der Waals surface area contributed by atoms with Crippen LogP contribution < -0.4 is 5.32 Å². The SMILES string of the molecule is CCNC(=O)/C(C#N)=C/c1cn(Cc2ccccc2)c2ccccc12. The first-order valence-corrected chi connectivity index (χ1v) is 8.24. The summed E-state index contributed by atoms with van der Waals surface area (Å²) in [5.74, 6) is -0.343. The monoisotopic (exact) mass is 329 g/mol. The summed E-state index contributed by atoms with van der Waals surface area (Å²) in [5.41, 5.74) is 3.26. The molecule has 0 unspecified atom stereocenters. The minimum Gasteiger partial charge on any atom is -0.352 e. The van der Waals surface area contributed by atoms with Gasteiger partial charge < -0.3 is 9.88 Å². The molecule has 1 N–H and O–H groups in total. The molecule has 0 spiro atoms. The Kier molecular flexibility index (Phi) is 4.96. The van der Waals surface area contributed by atoms with Gasteiger partial charge in [0.1, 0.15) is 11.6 Å². The number of benzene rings is 2. The highest BCUT2D eigenvalue weighted by Crippen LogP contribution is 2.24. The molecule has 0 bridgehead atoms. The first-order chi connectivity index (χ1) is 12.2. The van der Waals surface area contributed by atoms with Crippen LogP contribution in [0.4, 0.5) is 0 Å². The zero-order valence-electron chi connectivity index (χ0n) is 14.1. The summed E-state index contributed by atoms with van der Waals surface area (Å²) in [6.07, 6.45) is 3.66. The maximum absolute atomic E-state index is 12.0. The minimum atomic E-state index is -0.343. The Labute approximate surface area is 147 Å². The van der Waals surface area contributed by atoms with Crippen molar-refractivity contribution < 1.29 is 4.79 Å². The van der Waals surface area contributed by atoms with Crippen molar-refractivity contribution in [3.8, 4) is 6.07 Å². The van der Waals surface area contributed by atoms with Crippen LogP contribution in [0.3, 0.4) is 0 Å².